The Morgan fingerprint density at radius 3 is 1.67 bits per heavy atom. The topological polar surface area (TPSA) is 27.7 Å². The van der Waals surface area contributed by atoms with E-state index in [1.165, 1.54) is 10.6 Å². The van der Waals surface area contributed by atoms with Gasteiger partial charge in [0.25, 0.3) is 0 Å². The maximum atomic E-state index is 5.93. The summed E-state index contributed by atoms with van der Waals surface area (Å²) in [5.74, 6) is 1.63. The molecule has 0 saturated carbocycles. The van der Waals surface area contributed by atoms with Crippen LogP contribution in [0.5, 0.6) is 11.5 Å². The van der Waals surface area contributed by atoms with Crippen LogP contribution in [0.25, 0.3) is 0 Å². The third-order valence-electron chi connectivity index (χ3n) is 3.32. The summed E-state index contributed by atoms with van der Waals surface area (Å²) in [6, 6.07) is 16.1. The Balaban J connectivity index is 1.73. The fourth-order valence-electron chi connectivity index (χ4n) is 2.09. The Hall–Kier alpha value is -0.000000000000000167. The molecule has 2 aromatic rings. The highest BCUT2D eigenvalue weighted by Gasteiger charge is 2.45. The van der Waals surface area contributed by atoms with Crippen LogP contribution >= 0.6 is 30.9 Å². The second-order valence-electron chi connectivity index (χ2n) is 4.90. The first-order valence-corrected chi connectivity index (χ1v) is 16.6. The van der Waals surface area contributed by atoms with E-state index in [1.54, 1.807) is 14.2 Å². The number of benzene rings is 2. The molecule has 0 bridgehead atoms. The normalized spacial score (nSPS) is 25.8. The molecule has 1 aliphatic heterocycles. The van der Waals surface area contributed by atoms with Crippen LogP contribution in [0.15, 0.2) is 48.5 Å². The van der Waals surface area contributed by atoms with E-state index in [0.717, 1.165) is 11.5 Å². The van der Waals surface area contributed by atoms with Gasteiger partial charge in [0.1, 0.15) is 11.5 Å². The monoisotopic (exact) mass is 434 g/mol. The molecule has 0 N–H and O–H groups in total. The third-order valence-corrected chi connectivity index (χ3v) is 34.6. The average molecular weight is 435 g/mol. The van der Waals surface area contributed by atoms with Gasteiger partial charge in [0.05, 0.1) is 16.0 Å². The predicted molar refractivity (Wildman–Crippen MR) is 115 cm³/mol. The van der Waals surface area contributed by atoms with Gasteiger partial charge >= 0.3 is 0 Å². The maximum Gasteiger partial charge on any atom is 0.188 e. The van der Waals surface area contributed by atoms with Crippen molar-refractivity contribution in [2.45, 2.75) is 0 Å². The van der Waals surface area contributed by atoms with E-state index >= 15 is 0 Å². The van der Waals surface area contributed by atoms with Crippen LogP contribution in [0.2, 0.25) is 0 Å². The fraction of sp³-hybridized carbons (Fsp3) is 0.200. The van der Waals surface area contributed by atoms with Crippen molar-refractivity contribution in [1.82, 2.24) is 0 Å². The van der Waals surface area contributed by atoms with Crippen molar-refractivity contribution in [2.75, 3.05) is 21.0 Å². The van der Waals surface area contributed by atoms with Crippen LogP contribution in [0.4, 0.5) is 0 Å². The van der Waals surface area contributed by atoms with Crippen molar-refractivity contribution in [3.8, 4) is 11.5 Å². The third kappa shape index (κ3) is 3.88. The smallest absolute Gasteiger partial charge is 0.188 e. The SMILES string of the molecule is COCOc1ccc(P2(=S)SP(=S)(c3ccc(OC)cc3)S2)cc1. The largest absolute Gasteiger partial charge is 0.497 e. The Bertz CT molecular complexity index is 794. The van der Waals surface area contributed by atoms with Crippen molar-refractivity contribution >= 4 is 65.1 Å². The molecule has 24 heavy (non-hydrogen) atoms. The first-order valence-electron chi connectivity index (χ1n) is 6.99. The van der Waals surface area contributed by atoms with Gasteiger partial charge in [-0.1, -0.05) is 45.6 Å². The van der Waals surface area contributed by atoms with Crippen LogP contribution in [0, 0.1) is 0 Å². The first kappa shape index (κ1) is 18.8. The molecule has 0 unspecified atom stereocenters. The molecular formula is C15H16O3P2S4. The van der Waals surface area contributed by atoms with Crippen molar-refractivity contribution in [3.63, 3.8) is 0 Å². The number of hydrogen-bond acceptors (Lipinski definition) is 7. The summed E-state index contributed by atoms with van der Waals surface area (Å²) in [7, 11) is 3.27. The van der Waals surface area contributed by atoms with Crippen LogP contribution in [0.1, 0.15) is 0 Å². The summed E-state index contributed by atoms with van der Waals surface area (Å²) < 4.78 is 12.2. The van der Waals surface area contributed by atoms with E-state index in [0.29, 0.717) is 0 Å². The minimum Gasteiger partial charge on any atom is -0.497 e. The lowest BCUT2D eigenvalue weighted by molar-refractivity contribution is 0.0511. The molecule has 128 valence electrons. The molecule has 1 saturated heterocycles. The number of rotatable bonds is 6. The van der Waals surface area contributed by atoms with Gasteiger partial charge < -0.3 is 14.2 Å². The Kier molecular flexibility index (Phi) is 6.03. The Morgan fingerprint density at radius 1 is 0.792 bits per heavy atom. The van der Waals surface area contributed by atoms with E-state index in [2.05, 4.69) is 24.3 Å². The number of ether oxygens (including phenoxy) is 3. The van der Waals surface area contributed by atoms with E-state index in [4.69, 9.17) is 37.8 Å². The van der Waals surface area contributed by atoms with Crippen molar-refractivity contribution in [2.24, 2.45) is 0 Å². The van der Waals surface area contributed by atoms with E-state index in [9.17, 15) is 0 Å². The predicted octanol–water partition coefficient (Wildman–Crippen LogP) is 4.73. The quantitative estimate of drug-likeness (QED) is 0.479. The molecule has 0 radical (unpaired) electrons. The zero-order valence-electron chi connectivity index (χ0n) is 13.1. The molecule has 9 heteroatoms. The van der Waals surface area contributed by atoms with Crippen LogP contribution in [-0.4, -0.2) is 21.0 Å². The molecule has 0 spiro atoms. The minimum atomic E-state index is -1.70. The summed E-state index contributed by atoms with van der Waals surface area (Å²) in [6.07, 6.45) is 0. The van der Waals surface area contributed by atoms with Gasteiger partial charge in [-0.25, -0.2) is 0 Å². The highest BCUT2D eigenvalue weighted by atomic mass is 33.7. The van der Waals surface area contributed by atoms with Gasteiger partial charge in [0, 0.05) is 17.7 Å². The van der Waals surface area contributed by atoms with Crippen molar-refractivity contribution in [1.29, 1.82) is 0 Å². The molecule has 1 aliphatic rings. The molecule has 3 nitrogen and oxygen atoms in total. The summed E-state index contributed by atoms with van der Waals surface area (Å²) in [5.41, 5.74) is 0. The lowest BCUT2D eigenvalue weighted by Gasteiger charge is -2.40. The van der Waals surface area contributed by atoms with Gasteiger partial charge in [0.15, 0.2) is 6.79 Å². The van der Waals surface area contributed by atoms with Crippen LogP contribution in [-0.2, 0) is 28.4 Å². The highest BCUT2D eigenvalue weighted by Crippen LogP contribution is 3.04. The van der Waals surface area contributed by atoms with Gasteiger partial charge in [-0.3, -0.25) is 0 Å². The molecular weight excluding hydrogens is 418 g/mol. The van der Waals surface area contributed by atoms with E-state index < -0.39 is 8.88 Å². The summed E-state index contributed by atoms with van der Waals surface area (Å²) in [4.78, 5) is 0. The standard InChI is InChI=1S/C15H16O3P2S4/c1-16-11-18-13-5-9-15(10-6-13)20(22)23-19(21,24-20)14-7-3-12(17-2)4-8-14/h3-10H,11H2,1-2H3. The summed E-state index contributed by atoms with van der Waals surface area (Å²) >= 11 is 15.5. The zero-order chi connectivity index (χ0) is 17.2. The molecule has 0 atom stereocenters. The molecule has 1 fully saturated rings. The lowest BCUT2D eigenvalue weighted by Crippen LogP contribution is -2.09. The van der Waals surface area contributed by atoms with Crippen LogP contribution in [0.3, 0.4) is 0 Å². The van der Waals surface area contributed by atoms with E-state index in [1.807, 2.05) is 46.3 Å². The molecule has 0 amide bonds. The second kappa shape index (κ2) is 7.71. The highest BCUT2D eigenvalue weighted by molar-refractivity contribution is 9.48. The van der Waals surface area contributed by atoms with Crippen LogP contribution < -0.4 is 20.1 Å². The maximum absolute atomic E-state index is 5.93. The van der Waals surface area contributed by atoms with Gasteiger partial charge in [0.2, 0.25) is 0 Å². The van der Waals surface area contributed by atoms with Crippen molar-refractivity contribution in [3.05, 3.63) is 48.5 Å². The summed E-state index contributed by atoms with van der Waals surface area (Å²) in [5, 5.41) is 2.39. The molecule has 2 aromatic carbocycles. The summed E-state index contributed by atoms with van der Waals surface area (Å²) in [6.45, 7) is 0.245. The molecule has 0 aromatic heterocycles. The molecule has 0 aliphatic carbocycles. The lowest BCUT2D eigenvalue weighted by atomic mass is 10.3. The Morgan fingerprint density at radius 2 is 1.25 bits per heavy atom. The van der Waals surface area contributed by atoms with Gasteiger partial charge in [-0.15, -0.1) is 0 Å². The van der Waals surface area contributed by atoms with Gasteiger partial charge in [-0.05, 0) is 48.5 Å². The van der Waals surface area contributed by atoms with Crippen molar-refractivity contribution < 1.29 is 14.2 Å². The first-order chi connectivity index (χ1) is 11.5. The molecule has 1 heterocycles. The van der Waals surface area contributed by atoms with Gasteiger partial charge in [-0.2, -0.15) is 0 Å². The second-order valence-corrected chi connectivity index (χ2v) is 26.2. The average Bonchev–Trinajstić information content (AvgIpc) is 2.59. The Labute approximate surface area is 159 Å². The molecule has 3 rings (SSSR count). The number of methoxy groups -OCH3 is 2. The van der Waals surface area contributed by atoms with E-state index in [-0.39, 0.29) is 6.79 Å². The fourth-order valence-corrected chi connectivity index (χ4v) is 44.4. The minimum absolute atomic E-state index is 0.245. The number of hydrogen-bond donors (Lipinski definition) is 0. The zero-order valence-corrected chi connectivity index (χ0v) is 18.1.